The Morgan fingerprint density at radius 1 is 1.00 bits per heavy atom. The second-order valence-electron chi connectivity index (χ2n) is 8.73. The van der Waals surface area contributed by atoms with E-state index in [0.717, 1.165) is 30.8 Å². The topological polar surface area (TPSA) is 53.5 Å². The molecule has 168 valence electrons. The van der Waals surface area contributed by atoms with Gasteiger partial charge in [-0.25, -0.2) is 0 Å². The first-order chi connectivity index (χ1) is 15.7. The summed E-state index contributed by atoms with van der Waals surface area (Å²) in [5.41, 5.74) is 5.00. The van der Waals surface area contributed by atoms with Crippen LogP contribution in [0.5, 0.6) is 5.75 Å². The van der Waals surface area contributed by atoms with Crippen LogP contribution in [0.1, 0.15) is 34.6 Å². The van der Waals surface area contributed by atoms with Gasteiger partial charge in [0.1, 0.15) is 5.75 Å². The number of aliphatic hydroxyl groups is 1. The third-order valence-electron chi connectivity index (χ3n) is 6.65. The summed E-state index contributed by atoms with van der Waals surface area (Å²) in [7, 11) is 1.73. The van der Waals surface area contributed by atoms with Crippen molar-refractivity contribution < 1.29 is 9.84 Å². The lowest BCUT2D eigenvalue weighted by Crippen LogP contribution is -2.46. The lowest BCUT2D eigenvalue weighted by molar-refractivity contribution is 0.241. The van der Waals surface area contributed by atoms with Gasteiger partial charge in [0.2, 0.25) is 0 Å². The van der Waals surface area contributed by atoms with Gasteiger partial charge in [0.25, 0.3) is 0 Å². The van der Waals surface area contributed by atoms with Crippen molar-refractivity contribution >= 4 is 0 Å². The molecule has 32 heavy (non-hydrogen) atoms. The molecular formula is C28H34N2O2. The van der Waals surface area contributed by atoms with Gasteiger partial charge < -0.3 is 20.5 Å². The molecule has 0 aromatic heterocycles. The van der Waals surface area contributed by atoms with E-state index in [1.54, 1.807) is 7.11 Å². The molecule has 0 bridgehead atoms. The van der Waals surface area contributed by atoms with E-state index in [2.05, 4.69) is 90.4 Å². The maximum Gasteiger partial charge on any atom is 0.123 e. The number of methoxy groups -OCH3 is 1. The lowest BCUT2D eigenvalue weighted by atomic mass is 9.80. The van der Waals surface area contributed by atoms with Crippen LogP contribution in [0.25, 0.3) is 0 Å². The van der Waals surface area contributed by atoms with Gasteiger partial charge in [0, 0.05) is 36.7 Å². The first-order valence-corrected chi connectivity index (χ1v) is 11.5. The number of rotatable bonds is 9. The number of hydrogen-bond acceptors (Lipinski definition) is 4. The van der Waals surface area contributed by atoms with Crippen LogP contribution < -0.4 is 15.4 Å². The van der Waals surface area contributed by atoms with Crippen LogP contribution in [-0.4, -0.2) is 37.5 Å². The van der Waals surface area contributed by atoms with Crippen molar-refractivity contribution in [1.82, 2.24) is 10.6 Å². The Hall–Kier alpha value is -2.66. The first kappa shape index (κ1) is 22.5. The molecule has 1 aliphatic heterocycles. The molecule has 1 saturated heterocycles. The second kappa shape index (κ2) is 10.8. The smallest absolute Gasteiger partial charge is 0.123 e. The standard InChI is InChI=1S/C28H34N2O2/c1-20-13-14-25(32-2)24(17-20)19-29-27-23(15-16-31)18-30-28(27)26(21-9-5-3-6-10-21)22-11-7-4-8-12-22/h3-14,17,23,26-31H,15-16,18-19H2,1-2H3. The monoisotopic (exact) mass is 430 g/mol. The minimum Gasteiger partial charge on any atom is -0.496 e. The van der Waals surface area contributed by atoms with Gasteiger partial charge in [0.15, 0.2) is 0 Å². The number of nitrogens with one attached hydrogen (secondary N) is 2. The summed E-state index contributed by atoms with van der Waals surface area (Å²) < 4.78 is 5.61. The zero-order valence-corrected chi connectivity index (χ0v) is 19.0. The molecule has 0 radical (unpaired) electrons. The molecule has 3 atom stereocenters. The zero-order chi connectivity index (χ0) is 22.3. The molecule has 4 nitrogen and oxygen atoms in total. The van der Waals surface area contributed by atoms with E-state index in [4.69, 9.17) is 4.74 Å². The summed E-state index contributed by atoms with van der Waals surface area (Å²) >= 11 is 0. The van der Waals surface area contributed by atoms with E-state index in [-0.39, 0.29) is 24.6 Å². The molecule has 3 N–H and O–H groups in total. The highest BCUT2D eigenvalue weighted by atomic mass is 16.5. The fourth-order valence-electron chi connectivity index (χ4n) is 5.10. The lowest BCUT2D eigenvalue weighted by Gasteiger charge is -2.32. The summed E-state index contributed by atoms with van der Waals surface area (Å²) in [5.74, 6) is 1.49. The predicted octanol–water partition coefficient (Wildman–Crippen LogP) is 4.26. The molecule has 1 fully saturated rings. The average molecular weight is 431 g/mol. The molecule has 1 heterocycles. The fraction of sp³-hybridized carbons (Fsp3) is 0.357. The van der Waals surface area contributed by atoms with Crippen molar-refractivity contribution in [3.63, 3.8) is 0 Å². The van der Waals surface area contributed by atoms with Crippen molar-refractivity contribution in [2.45, 2.75) is 37.9 Å². The zero-order valence-electron chi connectivity index (χ0n) is 19.0. The largest absolute Gasteiger partial charge is 0.496 e. The van der Waals surface area contributed by atoms with Crippen molar-refractivity contribution in [2.24, 2.45) is 5.92 Å². The Labute approximate surface area is 191 Å². The van der Waals surface area contributed by atoms with Gasteiger partial charge in [0.05, 0.1) is 7.11 Å². The quantitative estimate of drug-likeness (QED) is 0.475. The van der Waals surface area contributed by atoms with Crippen LogP contribution in [0.4, 0.5) is 0 Å². The van der Waals surface area contributed by atoms with Crippen LogP contribution in [0.15, 0.2) is 78.9 Å². The van der Waals surface area contributed by atoms with Crippen LogP contribution in [0.2, 0.25) is 0 Å². The van der Waals surface area contributed by atoms with Gasteiger partial charge in [-0.15, -0.1) is 0 Å². The molecule has 3 unspecified atom stereocenters. The maximum absolute atomic E-state index is 9.73. The van der Waals surface area contributed by atoms with E-state index in [1.165, 1.54) is 16.7 Å². The summed E-state index contributed by atoms with van der Waals surface area (Å²) in [5, 5.41) is 17.4. The van der Waals surface area contributed by atoms with Crippen molar-refractivity contribution in [3.05, 3.63) is 101 Å². The number of ether oxygens (including phenoxy) is 1. The fourth-order valence-corrected chi connectivity index (χ4v) is 5.10. The summed E-state index contributed by atoms with van der Waals surface area (Å²) in [6.45, 7) is 3.93. The van der Waals surface area contributed by atoms with Crippen molar-refractivity contribution in [3.8, 4) is 5.75 Å². The molecular weight excluding hydrogens is 396 g/mol. The van der Waals surface area contributed by atoms with Crippen LogP contribution in [-0.2, 0) is 6.54 Å². The molecule has 0 saturated carbocycles. The Balaban J connectivity index is 1.65. The Morgan fingerprint density at radius 3 is 2.25 bits per heavy atom. The molecule has 3 aromatic rings. The SMILES string of the molecule is COc1ccc(C)cc1CNC1C(CCO)CNC1C(c1ccccc1)c1ccccc1. The molecule has 1 aliphatic rings. The van der Waals surface area contributed by atoms with E-state index in [9.17, 15) is 5.11 Å². The number of benzene rings is 3. The summed E-state index contributed by atoms with van der Waals surface area (Å²) in [6, 6.07) is 28.2. The molecule has 0 spiro atoms. The summed E-state index contributed by atoms with van der Waals surface area (Å²) in [4.78, 5) is 0. The van der Waals surface area contributed by atoms with Gasteiger partial charge >= 0.3 is 0 Å². The Bertz CT molecular complexity index is 938. The van der Waals surface area contributed by atoms with Gasteiger partial charge in [-0.3, -0.25) is 0 Å². The third-order valence-corrected chi connectivity index (χ3v) is 6.65. The maximum atomic E-state index is 9.73. The van der Waals surface area contributed by atoms with E-state index in [0.29, 0.717) is 5.92 Å². The average Bonchev–Trinajstić information content (AvgIpc) is 3.21. The Kier molecular flexibility index (Phi) is 7.59. The van der Waals surface area contributed by atoms with E-state index < -0.39 is 0 Å². The number of aryl methyl sites for hydroxylation is 1. The van der Waals surface area contributed by atoms with Gasteiger partial charge in [-0.05, 0) is 43.0 Å². The first-order valence-electron chi connectivity index (χ1n) is 11.5. The Morgan fingerprint density at radius 2 is 1.66 bits per heavy atom. The van der Waals surface area contributed by atoms with Crippen LogP contribution >= 0.6 is 0 Å². The third kappa shape index (κ3) is 5.04. The van der Waals surface area contributed by atoms with Crippen molar-refractivity contribution in [2.75, 3.05) is 20.3 Å². The van der Waals surface area contributed by atoms with Gasteiger partial charge in [-0.2, -0.15) is 0 Å². The number of aliphatic hydroxyl groups excluding tert-OH is 1. The van der Waals surface area contributed by atoms with E-state index >= 15 is 0 Å². The highest BCUT2D eigenvalue weighted by Crippen LogP contribution is 2.35. The molecule has 4 rings (SSSR count). The van der Waals surface area contributed by atoms with Crippen LogP contribution in [0, 0.1) is 12.8 Å². The van der Waals surface area contributed by atoms with Crippen molar-refractivity contribution in [1.29, 1.82) is 0 Å². The molecule has 3 aromatic carbocycles. The minimum atomic E-state index is 0.201. The highest BCUT2D eigenvalue weighted by Gasteiger charge is 2.40. The van der Waals surface area contributed by atoms with Gasteiger partial charge in [-0.1, -0.05) is 78.4 Å². The second-order valence-corrected chi connectivity index (χ2v) is 8.73. The molecule has 4 heteroatoms. The molecule has 0 amide bonds. The predicted molar refractivity (Wildman–Crippen MR) is 130 cm³/mol. The minimum absolute atomic E-state index is 0.201. The summed E-state index contributed by atoms with van der Waals surface area (Å²) in [6.07, 6.45) is 0.780. The van der Waals surface area contributed by atoms with E-state index in [1.807, 2.05) is 6.07 Å². The number of hydrogen-bond donors (Lipinski definition) is 3. The normalized spacial score (nSPS) is 20.6. The highest BCUT2D eigenvalue weighted by molar-refractivity contribution is 5.38. The molecule has 0 aliphatic carbocycles. The van der Waals surface area contributed by atoms with Crippen LogP contribution in [0.3, 0.4) is 0 Å².